The molecule has 0 unspecified atom stereocenters. The lowest BCUT2D eigenvalue weighted by molar-refractivity contribution is 0.213. The molecule has 3 heterocycles. The van der Waals surface area contributed by atoms with Crippen LogP contribution in [-0.2, 0) is 6.54 Å². The van der Waals surface area contributed by atoms with Crippen molar-refractivity contribution in [2.24, 2.45) is 21.9 Å². The number of piperidine rings is 1. The highest BCUT2D eigenvalue weighted by Crippen LogP contribution is 2.26. The molecule has 0 saturated carbocycles. The summed E-state index contributed by atoms with van der Waals surface area (Å²) in [6.45, 7) is 5.24. The van der Waals surface area contributed by atoms with Crippen molar-refractivity contribution in [2.75, 3.05) is 39.8 Å². The number of rotatable bonds is 8. The Labute approximate surface area is 206 Å². The Morgan fingerprint density at radius 3 is 2.82 bits per heavy atom. The van der Waals surface area contributed by atoms with Gasteiger partial charge in [-0.05, 0) is 43.6 Å². The van der Waals surface area contributed by atoms with Crippen LogP contribution in [0.5, 0.6) is 0 Å². The van der Waals surface area contributed by atoms with E-state index in [-0.39, 0.29) is 0 Å². The van der Waals surface area contributed by atoms with Gasteiger partial charge in [-0.2, -0.15) is 15.5 Å². The van der Waals surface area contributed by atoms with Gasteiger partial charge in [-0.3, -0.25) is 0 Å². The molecular formula is C25H33ClN8. The lowest BCUT2D eigenvalue weighted by atomic mass is 9.89. The Kier molecular flexibility index (Phi) is 8.09. The molecule has 3 aliphatic rings. The Hall–Kier alpha value is -3.02. The van der Waals surface area contributed by atoms with Gasteiger partial charge < -0.3 is 26.2 Å². The van der Waals surface area contributed by atoms with Crippen LogP contribution in [0.2, 0.25) is 5.02 Å². The van der Waals surface area contributed by atoms with Crippen LogP contribution in [0.3, 0.4) is 0 Å². The zero-order chi connectivity index (χ0) is 23.9. The van der Waals surface area contributed by atoms with Crippen molar-refractivity contribution >= 4 is 23.0 Å². The van der Waals surface area contributed by atoms with Gasteiger partial charge in [0.25, 0.3) is 0 Å². The number of halogens is 1. The van der Waals surface area contributed by atoms with Crippen LogP contribution in [0.1, 0.15) is 31.2 Å². The second kappa shape index (κ2) is 11.4. The molecule has 0 amide bonds. The Morgan fingerprint density at radius 1 is 1.29 bits per heavy atom. The monoisotopic (exact) mass is 480 g/mol. The Morgan fingerprint density at radius 2 is 2.09 bits per heavy atom. The quantitative estimate of drug-likeness (QED) is 0.528. The minimum atomic E-state index is 0.438. The van der Waals surface area contributed by atoms with Crippen molar-refractivity contribution in [3.63, 3.8) is 0 Å². The van der Waals surface area contributed by atoms with E-state index in [0.29, 0.717) is 31.0 Å². The predicted molar refractivity (Wildman–Crippen MR) is 137 cm³/mol. The summed E-state index contributed by atoms with van der Waals surface area (Å²) in [5.41, 5.74) is 11.2. The molecular weight excluding hydrogens is 448 g/mol. The zero-order valence-electron chi connectivity index (χ0n) is 19.7. The van der Waals surface area contributed by atoms with Crippen LogP contribution in [0.25, 0.3) is 0 Å². The second-order valence-corrected chi connectivity index (χ2v) is 9.30. The summed E-state index contributed by atoms with van der Waals surface area (Å²) in [5.74, 6) is 1.37. The highest BCUT2D eigenvalue weighted by Gasteiger charge is 2.28. The summed E-state index contributed by atoms with van der Waals surface area (Å²) in [7, 11) is 1.91. The second-order valence-electron chi connectivity index (χ2n) is 8.89. The lowest BCUT2D eigenvalue weighted by Crippen LogP contribution is -2.42. The molecule has 1 fully saturated rings. The average Bonchev–Trinajstić information content (AvgIpc) is 3.36. The van der Waals surface area contributed by atoms with Crippen LogP contribution < -0.4 is 16.4 Å². The summed E-state index contributed by atoms with van der Waals surface area (Å²) >= 11 is 6.43. The number of nitrogens with two attached hydrogens (primary N) is 1. The van der Waals surface area contributed by atoms with Crippen molar-refractivity contribution in [3.8, 4) is 6.07 Å². The Balaban J connectivity index is 1.42. The smallest absolute Gasteiger partial charge is 0.123 e. The molecule has 0 atom stereocenters. The summed E-state index contributed by atoms with van der Waals surface area (Å²) in [6.07, 6.45) is 5.40. The van der Waals surface area contributed by atoms with Gasteiger partial charge in [-0.25, -0.2) is 0 Å². The van der Waals surface area contributed by atoms with E-state index in [9.17, 15) is 0 Å². The van der Waals surface area contributed by atoms with E-state index in [1.165, 1.54) is 0 Å². The minimum absolute atomic E-state index is 0.438. The number of nitrogens with one attached hydrogen (secondary N) is 2. The fourth-order valence-corrected chi connectivity index (χ4v) is 4.94. The van der Waals surface area contributed by atoms with E-state index < -0.39 is 0 Å². The molecule has 1 aromatic rings. The largest absolute Gasteiger partial charge is 0.397 e. The summed E-state index contributed by atoms with van der Waals surface area (Å²) < 4.78 is 0. The van der Waals surface area contributed by atoms with Gasteiger partial charge in [0.1, 0.15) is 5.82 Å². The fourth-order valence-electron chi connectivity index (χ4n) is 4.74. The van der Waals surface area contributed by atoms with Gasteiger partial charge in [0.15, 0.2) is 0 Å². The molecule has 4 N–H and O–H groups in total. The first-order valence-corrected chi connectivity index (χ1v) is 12.3. The maximum absolute atomic E-state index is 8.81. The number of hydrogen-bond donors (Lipinski definition) is 3. The fraction of sp³-hybridized carbons (Fsp3) is 0.480. The number of nitrogens with zero attached hydrogens (tertiary/aromatic N) is 5. The molecule has 0 aromatic heterocycles. The number of nitriles is 1. The molecule has 0 bridgehead atoms. The van der Waals surface area contributed by atoms with E-state index in [1.807, 2.05) is 31.3 Å². The van der Waals surface area contributed by atoms with Crippen LogP contribution >= 0.6 is 11.6 Å². The first-order valence-electron chi connectivity index (χ1n) is 11.9. The summed E-state index contributed by atoms with van der Waals surface area (Å²) in [5, 5.41) is 25.2. The van der Waals surface area contributed by atoms with Gasteiger partial charge in [0.2, 0.25) is 0 Å². The van der Waals surface area contributed by atoms with Crippen LogP contribution in [-0.4, -0.2) is 61.0 Å². The number of hydrogen-bond acceptors (Lipinski definition) is 8. The third-order valence-electron chi connectivity index (χ3n) is 6.72. The molecule has 1 saturated heterocycles. The summed E-state index contributed by atoms with van der Waals surface area (Å²) in [4.78, 5) is 4.64. The standard InChI is InChI=1S/C25H33ClN8/c1-29-25-24(34(14-10-30-25)17-19-5-2-3-6-20(19)26)15-21(28)23-16-22(31-32-23)18-7-12-33(13-8-18)11-4-9-27/h2-3,5-6,15,18,29-30H,4,7-8,10-14,16-17,28H2,1H3/b21-15-. The average molecular weight is 481 g/mol. The highest BCUT2D eigenvalue weighted by molar-refractivity contribution is 6.31. The van der Waals surface area contributed by atoms with E-state index in [4.69, 9.17) is 22.6 Å². The molecule has 8 nitrogen and oxygen atoms in total. The van der Waals surface area contributed by atoms with Crippen molar-refractivity contribution in [3.05, 3.63) is 58.1 Å². The van der Waals surface area contributed by atoms with Crippen LogP contribution in [0.4, 0.5) is 0 Å². The highest BCUT2D eigenvalue weighted by atomic mass is 35.5. The number of benzene rings is 1. The predicted octanol–water partition coefficient (Wildman–Crippen LogP) is 2.80. The van der Waals surface area contributed by atoms with Gasteiger partial charge in [0.05, 0.1) is 23.2 Å². The topological polar surface area (TPSA) is 105 Å². The van der Waals surface area contributed by atoms with Crippen molar-refractivity contribution in [1.29, 1.82) is 5.26 Å². The first kappa shape index (κ1) is 24.1. The number of likely N-dealkylation sites (tertiary alicyclic amines) is 1. The van der Waals surface area contributed by atoms with Crippen molar-refractivity contribution in [1.82, 2.24) is 20.4 Å². The Bertz CT molecular complexity index is 1040. The molecule has 0 radical (unpaired) electrons. The maximum atomic E-state index is 8.81. The van der Waals surface area contributed by atoms with Crippen molar-refractivity contribution in [2.45, 2.75) is 32.2 Å². The minimum Gasteiger partial charge on any atom is -0.397 e. The third kappa shape index (κ3) is 5.72. The van der Waals surface area contributed by atoms with E-state index in [2.05, 4.69) is 42.8 Å². The van der Waals surface area contributed by atoms with Gasteiger partial charge in [-0.15, -0.1) is 0 Å². The molecule has 0 aliphatic carbocycles. The molecule has 9 heteroatoms. The molecule has 34 heavy (non-hydrogen) atoms. The molecule has 1 aromatic carbocycles. The van der Waals surface area contributed by atoms with Gasteiger partial charge in [0, 0.05) is 62.7 Å². The van der Waals surface area contributed by atoms with Gasteiger partial charge >= 0.3 is 0 Å². The van der Waals surface area contributed by atoms with E-state index in [0.717, 1.165) is 79.1 Å². The van der Waals surface area contributed by atoms with Gasteiger partial charge in [-0.1, -0.05) is 29.8 Å². The molecule has 180 valence electrons. The third-order valence-corrected chi connectivity index (χ3v) is 7.09. The zero-order valence-corrected chi connectivity index (χ0v) is 20.5. The molecule has 4 rings (SSSR count). The first-order chi connectivity index (χ1) is 16.6. The van der Waals surface area contributed by atoms with Crippen LogP contribution in [0, 0.1) is 17.2 Å². The normalized spacial score (nSPS) is 20.0. The maximum Gasteiger partial charge on any atom is 0.123 e. The lowest BCUT2D eigenvalue weighted by Gasteiger charge is -2.33. The molecule has 3 aliphatic heterocycles. The number of allylic oxidation sites excluding steroid dienone is 2. The van der Waals surface area contributed by atoms with E-state index in [1.54, 1.807) is 0 Å². The van der Waals surface area contributed by atoms with Crippen LogP contribution in [0.15, 0.2) is 57.8 Å². The molecule has 0 spiro atoms. The van der Waals surface area contributed by atoms with Crippen molar-refractivity contribution < 1.29 is 0 Å². The van der Waals surface area contributed by atoms with E-state index >= 15 is 0 Å². The SMILES string of the molecule is CNC1=C(/C=C(\N)C2=NN=C(C3CCN(CCC#N)CC3)C2)N(Cc2ccccc2Cl)CCN1. The summed E-state index contributed by atoms with van der Waals surface area (Å²) in [6, 6.07) is 10.2.